The van der Waals surface area contributed by atoms with E-state index in [0.29, 0.717) is 11.7 Å². The van der Waals surface area contributed by atoms with Gasteiger partial charge in [-0.05, 0) is 25.0 Å². The normalized spacial score (nSPS) is 24.3. The van der Waals surface area contributed by atoms with Gasteiger partial charge in [-0.2, -0.15) is 0 Å². The molecule has 1 aliphatic carbocycles. The number of aromatic amines is 1. The largest absolute Gasteiger partial charge is 0.365 e. The van der Waals surface area contributed by atoms with Crippen LogP contribution in [0.5, 0.6) is 0 Å². The number of carbonyl (C=O) groups excluding carboxylic acids is 1. The third-order valence-electron chi connectivity index (χ3n) is 2.79. The minimum Gasteiger partial charge on any atom is -0.365 e. The first-order valence-electron chi connectivity index (χ1n) is 5.01. The Morgan fingerprint density at radius 1 is 1.38 bits per heavy atom. The van der Waals surface area contributed by atoms with Crippen LogP contribution in [0.25, 0.3) is 0 Å². The van der Waals surface area contributed by atoms with Crippen LogP contribution in [0.1, 0.15) is 43.7 Å². The lowest BCUT2D eigenvalue weighted by Crippen LogP contribution is -2.03. The lowest BCUT2D eigenvalue weighted by Gasteiger charge is -2.10. The first kappa shape index (κ1) is 8.54. The molecule has 70 valence electrons. The number of hydrogen-bond acceptors (Lipinski definition) is 1. The molecule has 1 aliphatic rings. The quantitative estimate of drug-likeness (QED) is 0.657. The smallest absolute Gasteiger partial charge is 0.133 e. The van der Waals surface area contributed by atoms with Crippen molar-refractivity contribution in [3.05, 3.63) is 24.0 Å². The number of nitrogens with one attached hydrogen (secondary N) is 1. The van der Waals surface area contributed by atoms with Crippen LogP contribution in [-0.4, -0.2) is 10.8 Å². The van der Waals surface area contributed by atoms with E-state index in [4.69, 9.17) is 0 Å². The molecule has 1 atom stereocenters. The van der Waals surface area contributed by atoms with Crippen LogP contribution in [0.15, 0.2) is 18.3 Å². The Morgan fingerprint density at radius 3 is 3.08 bits per heavy atom. The highest BCUT2D eigenvalue weighted by molar-refractivity contribution is 5.79. The first-order valence-corrected chi connectivity index (χ1v) is 5.01. The number of H-pyrrole nitrogens is 1. The molecule has 0 spiro atoms. The van der Waals surface area contributed by atoms with Gasteiger partial charge in [0, 0.05) is 30.7 Å². The van der Waals surface area contributed by atoms with Crippen molar-refractivity contribution in [3.63, 3.8) is 0 Å². The zero-order valence-corrected chi connectivity index (χ0v) is 7.75. The van der Waals surface area contributed by atoms with Crippen molar-refractivity contribution >= 4 is 5.78 Å². The number of aromatic nitrogens is 1. The zero-order valence-electron chi connectivity index (χ0n) is 7.75. The maximum Gasteiger partial charge on any atom is 0.133 e. The van der Waals surface area contributed by atoms with Gasteiger partial charge in [-0.3, -0.25) is 4.79 Å². The minimum absolute atomic E-state index is 0.428. The Labute approximate surface area is 78.4 Å². The Hall–Kier alpha value is -1.05. The van der Waals surface area contributed by atoms with Crippen LogP contribution in [0.2, 0.25) is 0 Å². The Kier molecular flexibility index (Phi) is 2.48. The van der Waals surface area contributed by atoms with E-state index in [2.05, 4.69) is 11.1 Å². The van der Waals surface area contributed by atoms with Crippen molar-refractivity contribution in [3.8, 4) is 0 Å². The number of Topliss-reactive ketones (excluding diaryl/α,β-unsaturated/α-hetero) is 1. The molecule has 2 nitrogen and oxygen atoms in total. The molecule has 1 unspecified atom stereocenters. The number of carbonyl (C=O) groups is 1. The zero-order chi connectivity index (χ0) is 9.10. The summed E-state index contributed by atoms with van der Waals surface area (Å²) in [6.07, 6.45) is 6.89. The van der Waals surface area contributed by atoms with Gasteiger partial charge in [0.15, 0.2) is 0 Å². The number of ketones is 1. The van der Waals surface area contributed by atoms with E-state index >= 15 is 0 Å². The van der Waals surface area contributed by atoms with Crippen LogP contribution in [0.4, 0.5) is 0 Å². The summed E-state index contributed by atoms with van der Waals surface area (Å²) in [5.74, 6) is 0.877. The van der Waals surface area contributed by atoms with Gasteiger partial charge in [0.05, 0.1) is 0 Å². The third kappa shape index (κ3) is 2.00. The molecule has 1 N–H and O–H groups in total. The second-order valence-corrected chi connectivity index (χ2v) is 3.81. The molecule has 1 aromatic rings. The summed E-state index contributed by atoms with van der Waals surface area (Å²) in [7, 11) is 0. The van der Waals surface area contributed by atoms with E-state index in [1.807, 2.05) is 12.3 Å². The van der Waals surface area contributed by atoms with Crippen molar-refractivity contribution in [2.24, 2.45) is 0 Å². The highest BCUT2D eigenvalue weighted by atomic mass is 16.1. The third-order valence-corrected chi connectivity index (χ3v) is 2.79. The van der Waals surface area contributed by atoms with Crippen molar-refractivity contribution < 1.29 is 4.79 Å². The van der Waals surface area contributed by atoms with Gasteiger partial charge in [0.2, 0.25) is 0 Å². The average molecular weight is 177 g/mol. The molecule has 0 bridgehead atoms. The highest BCUT2D eigenvalue weighted by Crippen LogP contribution is 2.28. The lowest BCUT2D eigenvalue weighted by molar-refractivity contribution is -0.119. The second kappa shape index (κ2) is 3.77. The fourth-order valence-corrected chi connectivity index (χ4v) is 2.06. The summed E-state index contributed by atoms with van der Waals surface area (Å²) < 4.78 is 0. The van der Waals surface area contributed by atoms with E-state index in [0.717, 1.165) is 25.7 Å². The molecule has 1 heterocycles. The topological polar surface area (TPSA) is 32.9 Å². The Morgan fingerprint density at radius 2 is 2.31 bits per heavy atom. The monoisotopic (exact) mass is 177 g/mol. The van der Waals surface area contributed by atoms with Gasteiger partial charge in [0.1, 0.15) is 5.78 Å². The standard InChI is InChI=1S/C11H15NO/c13-10-5-2-1-4-9(8-10)11-6-3-7-12-11/h3,6-7,9,12H,1-2,4-5,8H2. The predicted octanol–water partition coefficient (Wildman–Crippen LogP) is 2.63. The van der Waals surface area contributed by atoms with Gasteiger partial charge in [-0.25, -0.2) is 0 Å². The molecule has 1 aromatic heterocycles. The van der Waals surface area contributed by atoms with E-state index in [9.17, 15) is 4.79 Å². The molecule has 2 heteroatoms. The van der Waals surface area contributed by atoms with Crippen LogP contribution >= 0.6 is 0 Å². The number of hydrogen-bond donors (Lipinski definition) is 1. The van der Waals surface area contributed by atoms with E-state index in [1.54, 1.807) is 0 Å². The Balaban J connectivity index is 2.09. The average Bonchev–Trinajstić information content (AvgIpc) is 2.56. The molecule has 0 radical (unpaired) electrons. The van der Waals surface area contributed by atoms with Gasteiger partial charge < -0.3 is 4.98 Å². The summed E-state index contributed by atoms with van der Waals surface area (Å²) in [5, 5.41) is 0. The predicted molar refractivity (Wildman–Crippen MR) is 51.6 cm³/mol. The van der Waals surface area contributed by atoms with Gasteiger partial charge >= 0.3 is 0 Å². The molecule has 1 saturated carbocycles. The van der Waals surface area contributed by atoms with Crippen LogP contribution in [0.3, 0.4) is 0 Å². The Bertz CT molecular complexity index is 276. The lowest BCUT2D eigenvalue weighted by atomic mass is 9.96. The van der Waals surface area contributed by atoms with Gasteiger partial charge in [-0.15, -0.1) is 0 Å². The molecular weight excluding hydrogens is 162 g/mol. The van der Waals surface area contributed by atoms with Crippen LogP contribution < -0.4 is 0 Å². The molecule has 1 fully saturated rings. The fraction of sp³-hybridized carbons (Fsp3) is 0.545. The van der Waals surface area contributed by atoms with Crippen LogP contribution in [0, 0.1) is 0 Å². The molecule has 2 rings (SSSR count). The van der Waals surface area contributed by atoms with E-state index in [1.165, 1.54) is 12.1 Å². The molecule has 0 saturated heterocycles. The first-order chi connectivity index (χ1) is 6.36. The van der Waals surface area contributed by atoms with Crippen molar-refractivity contribution in [1.29, 1.82) is 0 Å². The molecule has 13 heavy (non-hydrogen) atoms. The summed E-state index contributed by atoms with van der Waals surface area (Å²) in [5.41, 5.74) is 1.23. The van der Waals surface area contributed by atoms with Crippen molar-refractivity contribution in [2.45, 2.75) is 38.0 Å². The van der Waals surface area contributed by atoms with E-state index in [-0.39, 0.29) is 0 Å². The number of rotatable bonds is 1. The van der Waals surface area contributed by atoms with Gasteiger partial charge in [0.25, 0.3) is 0 Å². The maximum absolute atomic E-state index is 11.4. The highest BCUT2D eigenvalue weighted by Gasteiger charge is 2.19. The van der Waals surface area contributed by atoms with E-state index < -0.39 is 0 Å². The summed E-state index contributed by atoms with van der Waals surface area (Å²) >= 11 is 0. The summed E-state index contributed by atoms with van der Waals surface area (Å²) in [6.45, 7) is 0. The van der Waals surface area contributed by atoms with Crippen LogP contribution in [-0.2, 0) is 4.79 Å². The second-order valence-electron chi connectivity index (χ2n) is 3.81. The molecule has 0 aliphatic heterocycles. The van der Waals surface area contributed by atoms with Gasteiger partial charge in [-0.1, -0.05) is 6.42 Å². The SMILES string of the molecule is O=C1CCCCC(c2ccc[nH]2)C1. The minimum atomic E-state index is 0.428. The maximum atomic E-state index is 11.4. The molecular formula is C11H15NO. The summed E-state index contributed by atoms with van der Waals surface area (Å²) in [4.78, 5) is 14.6. The van der Waals surface area contributed by atoms with Crippen molar-refractivity contribution in [2.75, 3.05) is 0 Å². The fourth-order valence-electron chi connectivity index (χ4n) is 2.06. The van der Waals surface area contributed by atoms with Crippen molar-refractivity contribution in [1.82, 2.24) is 4.98 Å². The molecule has 0 aromatic carbocycles. The molecule has 0 amide bonds. The summed E-state index contributed by atoms with van der Waals surface area (Å²) in [6, 6.07) is 4.09.